The molecule has 4 nitrogen and oxygen atoms in total. The first kappa shape index (κ1) is 10.5. The number of nitrogen functional groups attached to an aromatic ring is 1. The van der Waals surface area contributed by atoms with Crippen molar-refractivity contribution in [1.29, 1.82) is 0 Å². The third kappa shape index (κ3) is 2.51. The lowest BCUT2D eigenvalue weighted by Gasteiger charge is -2.01. The number of anilines is 1. The van der Waals surface area contributed by atoms with Crippen molar-refractivity contribution < 1.29 is 0 Å². The predicted octanol–water partition coefficient (Wildman–Crippen LogP) is 2.31. The molecule has 2 N–H and O–H groups in total. The van der Waals surface area contributed by atoms with Gasteiger partial charge in [0.2, 0.25) is 0 Å². The summed E-state index contributed by atoms with van der Waals surface area (Å²) >= 11 is 4.97. The van der Waals surface area contributed by atoms with Crippen molar-refractivity contribution in [3.05, 3.63) is 29.1 Å². The van der Waals surface area contributed by atoms with Gasteiger partial charge in [0.15, 0.2) is 0 Å². The van der Waals surface area contributed by atoms with E-state index in [9.17, 15) is 0 Å². The van der Waals surface area contributed by atoms with E-state index in [1.165, 1.54) is 0 Å². The first-order chi connectivity index (χ1) is 7.15. The minimum absolute atomic E-state index is 0.650. The Bertz CT molecular complexity index is 483. The fourth-order valence-corrected chi connectivity index (χ4v) is 2.48. The molecule has 0 atom stereocenters. The van der Waals surface area contributed by atoms with Crippen LogP contribution in [0.25, 0.3) is 0 Å². The van der Waals surface area contributed by atoms with Gasteiger partial charge >= 0.3 is 0 Å². The minimum atomic E-state index is 0.650. The van der Waals surface area contributed by atoms with Crippen molar-refractivity contribution in [1.82, 2.24) is 14.8 Å². The molecule has 15 heavy (non-hydrogen) atoms. The van der Waals surface area contributed by atoms with Crippen molar-refractivity contribution in [2.24, 2.45) is 7.05 Å². The van der Waals surface area contributed by atoms with Crippen LogP contribution in [-0.2, 0) is 7.05 Å². The SMILES string of the molecule is Cn1cc(Sc2ncc(N)cc2Br)cn1. The first-order valence-corrected chi connectivity index (χ1v) is 5.83. The summed E-state index contributed by atoms with van der Waals surface area (Å²) in [6.45, 7) is 0. The number of rotatable bonds is 2. The zero-order chi connectivity index (χ0) is 10.8. The van der Waals surface area contributed by atoms with Gasteiger partial charge in [-0.15, -0.1) is 0 Å². The molecule has 0 aromatic carbocycles. The van der Waals surface area contributed by atoms with Crippen LogP contribution in [-0.4, -0.2) is 14.8 Å². The highest BCUT2D eigenvalue weighted by Crippen LogP contribution is 2.31. The molecule has 0 saturated heterocycles. The lowest BCUT2D eigenvalue weighted by Crippen LogP contribution is -1.88. The van der Waals surface area contributed by atoms with Gasteiger partial charge in [0, 0.05) is 13.2 Å². The molecular weight excluding hydrogens is 276 g/mol. The summed E-state index contributed by atoms with van der Waals surface area (Å²) in [5, 5.41) is 4.97. The number of halogens is 1. The van der Waals surface area contributed by atoms with E-state index >= 15 is 0 Å². The molecule has 2 aromatic rings. The van der Waals surface area contributed by atoms with Crippen molar-refractivity contribution in [3.8, 4) is 0 Å². The Balaban J connectivity index is 2.24. The molecule has 0 aliphatic heterocycles. The molecule has 0 radical (unpaired) electrons. The Morgan fingerprint density at radius 3 is 2.87 bits per heavy atom. The van der Waals surface area contributed by atoms with Crippen molar-refractivity contribution >= 4 is 33.4 Å². The molecule has 2 heterocycles. The van der Waals surface area contributed by atoms with E-state index in [1.54, 1.807) is 28.8 Å². The van der Waals surface area contributed by atoms with Crippen LogP contribution in [0.3, 0.4) is 0 Å². The van der Waals surface area contributed by atoms with Crippen LogP contribution in [0.1, 0.15) is 0 Å². The number of aromatic nitrogens is 3. The first-order valence-electron chi connectivity index (χ1n) is 4.22. The lowest BCUT2D eigenvalue weighted by molar-refractivity contribution is 0.766. The monoisotopic (exact) mass is 284 g/mol. The number of pyridine rings is 1. The van der Waals surface area contributed by atoms with Gasteiger partial charge in [0.05, 0.1) is 27.4 Å². The van der Waals surface area contributed by atoms with Crippen molar-refractivity contribution in [3.63, 3.8) is 0 Å². The number of nitrogens with two attached hydrogens (primary N) is 1. The van der Waals surface area contributed by atoms with Crippen LogP contribution < -0.4 is 5.73 Å². The van der Waals surface area contributed by atoms with Crippen LogP contribution in [0, 0.1) is 0 Å². The average Bonchev–Trinajstić information content (AvgIpc) is 2.56. The molecule has 0 bridgehead atoms. The van der Waals surface area contributed by atoms with Gasteiger partial charge in [-0.25, -0.2) is 4.98 Å². The van der Waals surface area contributed by atoms with E-state index in [4.69, 9.17) is 5.73 Å². The maximum absolute atomic E-state index is 5.61. The van der Waals surface area contributed by atoms with Gasteiger partial charge in [-0.1, -0.05) is 11.8 Å². The molecule has 78 valence electrons. The summed E-state index contributed by atoms with van der Waals surface area (Å²) in [5.41, 5.74) is 6.26. The van der Waals surface area contributed by atoms with E-state index in [1.807, 2.05) is 19.3 Å². The number of aryl methyl sites for hydroxylation is 1. The van der Waals surface area contributed by atoms with Crippen LogP contribution in [0.4, 0.5) is 5.69 Å². The Morgan fingerprint density at radius 2 is 2.27 bits per heavy atom. The van der Waals surface area contributed by atoms with Gasteiger partial charge in [-0.3, -0.25) is 4.68 Å². The van der Waals surface area contributed by atoms with Gasteiger partial charge in [0.25, 0.3) is 0 Å². The van der Waals surface area contributed by atoms with E-state index < -0.39 is 0 Å². The standard InChI is InChI=1S/C9H9BrN4S/c1-14-5-7(4-13-14)15-9-8(10)2-6(11)3-12-9/h2-5H,11H2,1H3. The summed E-state index contributed by atoms with van der Waals surface area (Å²) in [6.07, 6.45) is 5.38. The highest BCUT2D eigenvalue weighted by Gasteiger charge is 2.05. The molecule has 2 rings (SSSR count). The summed E-state index contributed by atoms with van der Waals surface area (Å²) in [5.74, 6) is 0. The average molecular weight is 285 g/mol. The Hall–Kier alpha value is -1.01. The summed E-state index contributed by atoms with van der Waals surface area (Å²) in [7, 11) is 1.88. The quantitative estimate of drug-likeness (QED) is 0.920. The summed E-state index contributed by atoms with van der Waals surface area (Å²) in [6, 6.07) is 1.84. The van der Waals surface area contributed by atoms with E-state index in [-0.39, 0.29) is 0 Å². The maximum atomic E-state index is 5.61. The normalized spacial score (nSPS) is 10.5. The van der Waals surface area contributed by atoms with Crippen molar-refractivity contribution in [2.45, 2.75) is 9.92 Å². The van der Waals surface area contributed by atoms with Crippen LogP contribution in [0.15, 0.2) is 39.1 Å². The van der Waals surface area contributed by atoms with Gasteiger partial charge in [-0.05, 0) is 22.0 Å². The zero-order valence-electron chi connectivity index (χ0n) is 8.01. The van der Waals surface area contributed by atoms with Gasteiger partial charge in [0.1, 0.15) is 5.03 Å². The summed E-state index contributed by atoms with van der Waals surface area (Å²) < 4.78 is 2.66. The third-order valence-electron chi connectivity index (χ3n) is 1.72. The molecule has 0 amide bonds. The fourth-order valence-electron chi connectivity index (χ4n) is 1.08. The summed E-state index contributed by atoms with van der Waals surface area (Å²) in [4.78, 5) is 5.29. The lowest BCUT2D eigenvalue weighted by atomic mass is 10.4. The Morgan fingerprint density at radius 1 is 1.47 bits per heavy atom. The molecule has 0 spiro atoms. The largest absolute Gasteiger partial charge is 0.397 e. The van der Waals surface area contributed by atoms with Crippen LogP contribution in [0.2, 0.25) is 0 Å². The molecule has 0 aliphatic rings. The zero-order valence-corrected chi connectivity index (χ0v) is 10.4. The highest BCUT2D eigenvalue weighted by molar-refractivity contribution is 9.10. The third-order valence-corrected chi connectivity index (χ3v) is 3.56. The highest BCUT2D eigenvalue weighted by atomic mass is 79.9. The second kappa shape index (κ2) is 4.24. The number of hydrogen-bond donors (Lipinski definition) is 1. The molecule has 0 unspecified atom stereocenters. The molecule has 0 aliphatic carbocycles. The van der Waals surface area contributed by atoms with E-state index in [0.29, 0.717) is 5.69 Å². The molecule has 0 fully saturated rings. The second-order valence-corrected chi connectivity index (χ2v) is 4.92. The van der Waals surface area contributed by atoms with Crippen molar-refractivity contribution in [2.75, 3.05) is 5.73 Å². The molecular formula is C9H9BrN4S. The fraction of sp³-hybridized carbons (Fsp3) is 0.111. The Labute approximate surface area is 100 Å². The van der Waals surface area contributed by atoms with E-state index in [2.05, 4.69) is 26.0 Å². The minimum Gasteiger partial charge on any atom is -0.397 e. The number of hydrogen-bond acceptors (Lipinski definition) is 4. The predicted molar refractivity (Wildman–Crippen MR) is 63.7 cm³/mol. The smallest absolute Gasteiger partial charge is 0.115 e. The van der Waals surface area contributed by atoms with Crippen LogP contribution >= 0.6 is 27.7 Å². The van der Waals surface area contributed by atoms with Gasteiger partial charge < -0.3 is 5.73 Å². The van der Waals surface area contributed by atoms with Crippen LogP contribution in [0.5, 0.6) is 0 Å². The molecule has 0 saturated carbocycles. The molecule has 6 heteroatoms. The maximum Gasteiger partial charge on any atom is 0.115 e. The molecule has 2 aromatic heterocycles. The topological polar surface area (TPSA) is 56.7 Å². The van der Waals surface area contributed by atoms with Gasteiger partial charge in [-0.2, -0.15) is 5.10 Å². The van der Waals surface area contributed by atoms with E-state index in [0.717, 1.165) is 14.4 Å². The Kier molecular flexibility index (Phi) is 2.97. The number of nitrogens with zero attached hydrogens (tertiary/aromatic N) is 3. The second-order valence-electron chi connectivity index (χ2n) is 3.01.